The van der Waals surface area contributed by atoms with Crippen LogP contribution in [0.1, 0.15) is 69.7 Å². The van der Waals surface area contributed by atoms with E-state index in [0.717, 1.165) is 11.1 Å². The summed E-state index contributed by atoms with van der Waals surface area (Å²) in [6, 6.07) is 14.2. The van der Waals surface area contributed by atoms with Crippen molar-refractivity contribution in [2.75, 3.05) is 19.8 Å². The van der Waals surface area contributed by atoms with Gasteiger partial charge in [0, 0.05) is 18.9 Å². The van der Waals surface area contributed by atoms with Crippen LogP contribution in [0.15, 0.2) is 66.7 Å². The maximum atomic E-state index is 14.3. The van der Waals surface area contributed by atoms with Crippen LogP contribution in [0.5, 0.6) is 0 Å². The standard InChI is InChI=1S/C38H46N4O10S/c1-37(2,3)52-36(47)39-30-12-8-20-50-19-7-11-27-22-38(27,35(46)41-53(48,49)29-17-18-29)40-32(43)31-21-28(23-42(31)33(30)44)51-34(45)26-15-13-25(14-16-26)24-9-5-4-6-10-24/h4-7,9-11,13-16,27-31H,8,12,17-23H2,1-3H3,(H,39,47)(H,40,43)(H,41,46)/b11-7-/t27-,28+,30-,31-,38+/m0/s1. The van der Waals surface area contributed by atoms with Gasteiger partial charge in [0.25, 0.3) is 5.91 Å². The molecule has 14 nitrogen and oxygen atoms in total. The highest BCUT2D eigenvalue weighted by atomic mass is 32.2. The molecular formula is C38H46N4O10S. The summed E-state index contributed by atoms with van der Waals surface area (Å²) in [6.07, 6.45) is 3.09. The van der Waals surface area contributed by atoms with Gasteiger partial charge in [-0.3, -0.25) is 19.1 Å². The van der Waals surface area contributed by atoms with Crippen LogP contribution >= 0.6 is 0 Å². The highest BCUT2D eigenvalue weighted by molar-refractivity contribution is 7.91. The van der Waals surface area contributed by atoms with Crippen LogP contribution in [-0.2, 0) is 38.6 Å². The molecule has 2 aromatic rings. The zero-order chi connectivity index (χ0) is 38.0. The number of carbonyl (C=O) groups excluding carboxylic acids is 5. The fourth-order valence-corrected chi connectivity index (χ4v) is 8.02. The zero-order valence-electron chi connectivity index (χ0n) is 30.0. The lowest BCUT2D eigenvalue weighted by Crippen LogP contribution is -2.58. The van der Waals surface area contributed by atoms with E-state index >= 15 is 0 Å². The Hall–Kier alpha value is -4.76. The molecule has 2 aliphatic heterocycles. The van der Waals surface area contributed by atoms with Gasteiger partial charge in [-0.1, -0.05) is 54.6 Å². The highest BCUT2D eigenvalue weighted by Crippen LogP contribution is 2.46. The fraction of sp³-hybridized carbons (Fsp3) is 0.500. The number of sulfonamides is 1. The largest absolute Gasteiger partial charge is 0.457 e. The van der Waals surface area contributed by atoms with Crippen molar-refractivity contribution < 1.29 is 46.6 Å². The minimum absolute atomic E-state index is 0.105. The first-order chi connectivity index (χ1) is 25.1. The van der Waals surface area contributed by atoms with Crippen molar-refractivity contribution >= 4 is 39.8 Å². The van der Waals surface area contributed by atoms with Gasteiger partial charge in [-0.25, -0.2) is 18.0 Å². The van der Waals surface area contributed by atoms with Crippen LogP contribution in [0.4, 0.5) is 4.79 Å². The minimum atomic E-state index is -3.93. The molecule has 0 aromatic heterocycles. The Morgan fingerprint density at radius 1 is 0.981 bits per heavy atom. The molecule has 1 saturated heterocycles. The first kappa shape index (κ1) is 38.0. The normalized spacial score (nSPS) is 27.1. The molecule has 15 heteroatoms. The Bertz CT molecular complexity index is 1860. The molecule has 2 aromatic carbocycles. The number of rotatable bonds is 7. The van der Waals surface area contributed by atoms with E-state index in [9.17, 15) is 32.4 Å². The van der Waals surface area contributed by atoms with E-state index < -0.39 is 80.3 Å². The summed E-state index contributed by atoms with van der Waals surface area (Å²) in [5, 5.41) is 4.75. The molecule has 284 valence electrons. The van der Waals surface area contributed by atoms with Crippen molar-refractivity contribution in [1.82, 2.24) is 20.3 Å². The second kappa shape index (κ2) is 15.3. The number of carbonyl (C=O) groups is 5. The number of ether oxygens (including phenoxy) is 3. The molecular weight excluding hydrogens is 705 g/mol. The first-order valence-electron chi connectivity index (χ1n) is 17.9. The van der Waals surface area contributed by atoms with Crippen LogP contribution in [0.3, 0.4) is 0 Å². The number of hydrogen-bond acceptors (Lipinski definition) is 10. The van der Waals surface area contributed by atoms with Crippen molar-refractivity contribution in [3.05, 3.63) is 72.3 Å². The van der Waals surface area contributed by atoms with Gasteiger partial charge in [-0.05, 0) is 76.1 Å². The van der Waals surface area contributed by atoms with E-state index in [1.807, 2.05) is 30.3 Å². The van der Waals surface area contributed by atoms with E-state index in [1.165, 1.54) is 4.90 Å². The van der Waals surface area contributed by atoms with Crippen LogP contribution in [0.25, 0.3) is 11.1 Å². The van der Waals surface area contributed by atoms with Crippen molar-refractivity contribution in [2.24, 2.45) is 5.92 Å². The lowest BCUT2D eigenvalue weighted by atomic mass is 10.0. The molecule has 0 radical (unpaired) electrons. The monoisotopic (exact) mass is 750 g/mol. The lowest BCUT2D eigenvalue weighted by Gasteiger charge is -2.30. The minimum Gasteiger partial charge on any atom is -0.457 e. The number of esters is 1. The Labute approximate surface area is 309 Å². The number of benzene rings is 2. The van der Waals surface area contributed by atoms with E-state index in [0.29, 0.717) is 19.3 Å². The molecule has 4 amide bonds. The molecule has 0 unspecified atom stereocenters. The van der Waals surface area contributed by atoms with Gasteiger partial charge in [0.15, 0.2) is 0 Å². The predicted molar refractivity (Wildman–Crippen MR) is 193 cm³/mol. The molecule has 2 aliphatic carbocycles. The Balaban J connectivity index is 1.25. The van der Waals surface area contributed by atoms with Crippen molar-refractivity contribution in [1.29, 1.82) is 0 Å². The molecule has 5 atom stereocenters. The molecule has 0 spiro atoms. The second-order valence-corrected chi connectivity index (χ2v) is 17.0. The third-order valence-electron chi connectivity index (χ3n) is 9.67. The Morgan fingerprint density at radius 2 is 1.68 bits per heavy atom. The average Bonchev–Trinajstić information content (AvgIpc) is 4.03. The van der Waals surface area contributed by atoms with E-state index in [1.54, 1.807) is 57.2 Å². The molecule has 3 N–H and O–H groups in total. The molecule has 53 heavy (non-hydrogen) atoms. The number of amides is 4. The molecule has 3 fully saturated rings. The topological polar surface area (TPSA) is 187 Å². The summed E-state index contributed by atoms with van der Waals surface area (Å²) in [5.74, 6) is -3.38. The first-order valence-corrected chi connectivity index (χ1v) is 19.5. The van der Waals surface area contributed by atoms with Gasteiger partial charge < -0.3 is 29.7 Å². The molecule has 4 aliphatic rings. The van der Waals surface area contributed by atoms with Crippen LogP contribution < -0.4 is 15.4 Å². The Kier molecular flexibility index (Phi) is 11.0. The Morgan fingerprint density at radius 3 is 2.36 bits per heavy atom. The van der Waals surface area contributed by atoms with E-state index in [-0.39, 0.29) is 44.6 Å². The van der Waals surface area contributed by atoms with Crippen LogP contribution in [0.2, 0.25) is 0 Å². The summed E-state index contributed by atoms with van der Waals surface area (Å²) in [5.41, 5.74) is -0.285. The smallest absolute Gasteiger partial charge is 0.408 e. The summed E-state index contributed by atoms with van der Waals surface area (Å²) in [6.45, 7) is 5.31. The summed E-state index contributed by atoms with van der Waals surface area (Å²) in [7, 11) is -3.93. The van der Waals surface area contributed by atoms with Crippen LogP contribution in [0, 0.1) is 5.92 Å². The molecule has 6 rings (SSSR count). The van der Waals surface area contributed by atoms with Crippen molar-refractivity contribution in [2.45, 2.75) is 93.9 Å². The third kappa shape index (κ3) is 9.25. The molecule has 2 saturated carbocycles. The number of nitrogens with zero attached hydrogens (tertiary/aromatic N) is 1. The number of nitrogens with one attached hydrogen (secondary N) is 3. The van der Waals surface area contributed by atoms with Gasteiger partial charge in [0.05, 0.1) is 24.0 Å². The van der Waals surface area contributed by atoms with Gasteiger partial charge in [0.2, 0.25) is 21.8 Å². The zero-order valence-corrected chi connectivity index (χ0v) is 30.9. The third-order valence-corrected chi connectivity index (χ3v) is 11.5. The predicted octanol–water partition coefficient (Wildman–Crippen LogP) is 3.22. The lowest BCUT2D eigenvalue weighted by molar-refractivity contribution is -0.141. The number of fused-ring (bicyclic) bond motifs is 2. The summed E-state index contributed by atoms with van der Waals surface area (Å²) >= 11 is 0. The van der Waals surface area contributed by atoms with Gasteiger partial charge in [-0.2, -0.15) is 0 Å². The van der Waals surface area contributed by atoms with Gasteiger partial charge >= 0.3 is 12.1 Å². The average molecular weight is 751 g/mol. The summed E-state index contributed by atoms with van der Waals surface area (Å²) in [4.78, 5) is 69.6. The second-order valence-electron chi connectivity index (χ2n) is 15.0. The molecule has 0 bridgehead atoms. The summed E-state index contributed by atoms with van der Waals surface area (Å²) < 4.78 is 44.6. The van der Waals surface area contributed by atoms with Crippen LogP contribution in [-0.4, -0.2) is 97.4 Å². The highest BCUT2D eigenvalue weighted by Gasteiger charge is 2.62. The molecule has 2 heterocycles. The maximum Gasteiger partial charge on any atom is 0.408 e. The van der Waals surface area contributed by atoms with E-state index in [4.69, 9.17) is 14.2 Å². The quantitative estimate of drug-likeness (QED) is 0.280. The van der Waals surface area contributed by atoms with Gasteiger partial charge in [-0.15, -0.1) is 0 Å². The van der Waals surface area contributed by atoms with Gasteiger partial charge in [0.1, 0.15) is 29.3 Å². The number of alkyl carbamates (subject to hydrolysis) is 1. The van der Waals surface area contributed by atoms with Crippen molar-refractivity contribution in [3.63, 3.8) is 0 Å². The number of hydrogen-bond donors (Lipinski definition) is 3. The van der Waals surface area contributed by atoms with Crippen molar-refractivity contribution in [3.8, 4) is 11.1 Å². The van der Waals surface area contributed by atoms with E-state index in [2.05, 4.69) is 15.4 Å². The fourth-order valence-electron chi connectivity index (χ4n) is 6.66. The maximum absolute atomic E-state index is 14.3. The SMILES string of the molecule is CC(C)(C)OC(=O)N[C@H]1CCCOC/C=C\[C@H]2C[C@@]2(C(=O)NS(=O)(=O)C2CC2)NC(=O)[C@@H]2C[C@@H](OC(=O)c3ccc(-c4ccccc4)cc3)CN2C1=O.